The van der Waals surface area contributed by atoms with E-state index in [-0.39, 0.29) is 0 Å². The van der Waals surface area contributed by atoms with Gasteiger partial charge in [-0.2, -0.15) is 11.8 Å². The van der Waals surface area contributed by atoms with Gasteiger partial charge in [0.25, 0.3) is 0 Å². The molecule has 1 nitrogen and oxygen atoms in total. The average molecular weight is 254 g/mol. The molecule has 2 heteroatoms. The van der Waals surface area contributed by atoms with Crippen LogP contribution in [0.5, 0.6) is 0 Å². The van der Waals surface area contributed by atoms with Crippen LogP contribution in [-0.2, 0) is 0 Å². The van der Waals surface area contributed by atoms with Gasteiger partial charge in [0, 0.05) is 5.25 Å². The quantitative estimate of drug-likeness (QED) is 0.627. The van der Waals surface area contributed by atoms with Crippen molar-refractivity contribution in [3.05, 3.63) is 23.5 Å². The molecular formula is C15H26OS. The lowest BCUT2D eigenvalue weighted by Gasteiger charge is -2.12. The first-order chi connectivity index (χ1) is 8.27. The van der Waals surface area contributed by atoms with Crippen molar-refractivity contribution in [3.63, 3.8) is 0 Å². The number of rotatable bonds is 7. The van der Waals surface area contributed by atoms with Gasteiger partial charge in [0.05, 0.1) is 0 Å². The third-order valence-electron chi connectivity index (χ3n) is 3.32. The summed E-state index contributed by atoms with van der Waals surface area (Å²) >= 11 is 2.09. The van der Waals surface area contributed by atoms with Gasteiger partial charge in [-0.05, 0) is 62.3 Å². The van der Waals surface area contributed by atoms with Crippen molar-refractivity contribution < 1.29 is 5.11 Å². The lowest BCUT2D eigenvalue weighted by molar-refractivity contribution is 0.416. The first-order valence-electron chi connectivity index (χ1n) is 6.98. The van der Waals surface area contributed by atoms with Gasteiger partial charge in [0.2, 0.25) is 0 Å². The van der Waals surface area contributed by atoms with E-state index < -0.39 is 0 Å². The zero-order chi connectivity index (χ0) is 12.5. The molecule has 0 saturated heterocycles. The third-order valence-corrected chi connectivity index (χ3v) is 4.98. The Morgan fingerprint density at radius 1 is 1.24 bits per heavy atom. The standard InChI is InChI=1S/C15H26OS/c1-3-14(4-2)17-12-8-10-13-9-6-5-7-11-15(13)16/h9,11,14,16H,3-8,10,12H2,1-2H3. The molecule has 0 aliphatic heterocycles. The van der Waals surface area contributed by atoms with Crippen molar-refractivity contribution in [1.82, 2.24) is 0 Å². The van der Waals surface area contributed by atoms with E-state index in [1.165, 1.54) is 37.0 Å². The van der Waals surface area contributed by atoms with Crippen LogP contribution in [0.15, 0.2) is 23.5 Å². The molecule has 17 heavy (non-hydrogen) atoms. The molecule has 98 valence electrons. The van der Waals surface area contributed by atoms with Crippen molar-refractivity contribution in [2.24, 2.45) is 0 Å². The predicted molar refractivity (Wildman–Crippen MR) is 78.7 cm³/mol. The summed E-state index contributed by atoms with van der Waals surface area (Å²) in [4.78, 5) is 0. The topological polar surface area (TPSA) is 20.2 Å². The molecule has 1 aliphatic carbocycles. The molecule has 0 fully saturated rings. The number of thioether (sulfide) groups is 1. The molecule has 0 radical (unpaired) electrons. The van der Waals surface area contributed by atoms with Crippen LogP contribution in [-0.4, -0.2) is 16.1 Å². The fourth-order valence-corrected chi connectivity index (χ4v) is 3.25. The maximum absolute atomic E-state index is 9.84. The van der Waals surface area contributed by atoms with Crippen molar-refractivity contribution >= 4 is 11.8 Å². The first-order valence-corrected chi connectivity index (χ1v) is 8.02. The number of aliphatic hydroxyl groups excluding tert-OH is 1. The van der Waals surface area contributed by atoms with E-state index in [1.807, 2.05) is 6.08 Å². The fraction of sp³-hybridized carbons (Fsp3) is 0.733. The highest BCUT2D eigenvalue weighted by Gasteiger charge is 2.07. The van der Waals surface area contributed by atoms with Crippen molar-refractivity contribution in [1.29, 1.82) is 0 Å². The average Bonchev–Trinajstić information content (AvgIpc) is 2.55. The summed E-state index contributed by atoms with van der Waals surface area (Å²) in [6.07, 6.45) is 12.3. The van der Waals surface area contributed by atoms with E-state index in [0.29, 0.717) is 5.76 Å². The summed E-state index contributed by atoms with van der Waals surface area (Å²) in [5, 5.41) is 10.7. The first kappa shape index (κ1) is 14.7. The molecule has 0 unspecified atom stereocenters. The maximum atomic E-state index is 9.84. The summed E-state index contributed by atoms with van der Waals surface area (Å²) < 4.78 is 0. The minimum atomic E-state index is 0.537. The molecule has 0 bridgehead atoms. The van der Waals surface area contributed by atoms with Gasteiger partial charge < -0.3 is 5.11 Å². The van der Waals surface area contributed by atoms with Crippen molar-refractivity contribution in [2.45, 2.75) is 64.0 Å². The zero-order valence-corrected chi connectivity index (χ0v) is 12.1. The summed E-state index contributed by atoms with van der Waals surface area (Å²) in [6, 6.07) is 0. The molecule has 0 aromatic heterocycles. The molecule has 0 aromatic rings. The van der Waals surface area contributed by atoms with Gasteiger partial charge in [-0.1, -0.05) is 19.9 Å². The van der Waals surface area contributed by atoms with E-state index in [2.05, 4.69) is 31.7 Å². The van der Waals surface area contributed by atoms with Crippen LogP contribution in [0, 0.1) is 0 Å². The highest BCUT2D eigenvalue weighted by molar-refractivity contribution is 7.99. The van der Waals surface area contributed by atoms with E-state index >= 15 is 0 Å². The van der Waals surface area contributed by atoms with Gasteiger partial charge in [0.15, 0.2) is 0 Å². The van der Waals surface area contributed by atoms with Gasteiger partial charge >= 0.3 is 0 Å². The highest BCUT2D eigenvalue weighted by Crippen LogP contribution is 2.24. The van der Waals surface area contributed by atoms with Crippen LogP contribution >= 0.6 is 11.8 Å². The van der Waals surface area contributed by atoms with Crippen LogP contribution < -0.4 is 0 Å². The van der Waals surface area contributed by atoms with E-state index in [4.69, 9.17) is 0 Å². The monoisotopic (exact) mass is 254 g/mol. The van der Waals surface area contributed by atoms with Crippen LogP contribution in [0.1, 0.15) is 58.8 Å². The largest absolute Gasteiger partial charge is 0.508 e. The van der Waals surface area contributed by atoms with Gasteiger partial charge in [-0.15, -0.1) is 0 Å². The Kier molecular flexibility index (Phi) is 7.50. The molecule has 0 spiro atoms. The van der Waals surface area contributed by atoms with Gasteiger partial charge in [-0.25, -0.2) is 0 Å². The van der Waals surface area contributed by atoms with Crippen molar-refractivity contribution in [3.8, 4) is 0 Å². The van der Waals surface area contributed by atoms with Crippen LogP contribution in [0.2, 0.25) is 0 Å². The van der Waals surface area contributed by atoms with E-state index in [9.17, 15) is 5.11 Å². The van der Waals surface area contributed by atoms with Gasteiger partial charge in [0.1, 0.15) is 5.76 Å². The SMILES string of the molecule is CCC(CC)SCCCC1=CCCCC=C1O. The Bertz CT molecular complexity index is 264. The lowest BCUT2D eigenvalue weighted by Crippen LogP contribution is -2.00. The summed E-state index contributed by atoms with van der Waals surface area (Å²) in [7, 11) is 0. The summed E-state index contributed by atoms with van der Waals surface area (Å²) in [5.74, 6) is 1.76. The Balaban J connectivity index is 2.23. The summed E-state index contributed by atoms with van der Waals surface area (Å²) in [6.45, 7) is 4.53. The molecule has 0 aromatic carbocycles. The number of hydrogen-bond donors (Lipinski definition) is 1. The summed E-state index contributed by atoms with van der Waals surface area (Å²) in [5.41, 5.74) is 1.17. The number of allylic oxidation sites excluding steroid dienone is 3. The fourth-order valence-electron chi connectivity index (χ4n) is 2.14. The molecule has 0 amide bonds. The number of aliphatic hydroxyl groups is 1. The molecule has 0 atom stereocenters. The molecule has 0 saturated carbocycles. The second-order valence-electron chi connectivity index (χ2n) is 4.66. The normalized spacial score (nSPS) is 16.6. The molecule has 1 aliphatic rings. The molecule has 1 N–H and O–H groups in total. The van der Waals surface area contributed by atoms with E-state index in [0.717, 1.165) is 24.5 Å². The molecule has 0 heterocycles. The zero-order valence-electron chi connectivity index (χ0n) is 11.2. The van der Waals surface area contributed by atoms with Gasteiger partial charge in [-0.3, -0.25) is 0 Å². The third kappa shape index (κ3) is 5.67. The predicted octanol–water partition coefficient (Wildman–Crippen LogP) is 5.24. The number of hydrogen-bond acceptors (Lipinski definition) is 2. The van der Waals surface area contributed by atoms with Crippen molar-refractivity contribution in [2.75, 3.05) is 5.75 Å². The second kappa shape index (κ2) is 8.68. The van der Waals surface area contributed by atoms with Crippen LogP contribution in [0.3, 0.4) is 0 Å². The Morgan fingerprint density at radius 2 is 1.94 bits per heavy atom. The highest BCUT2D eigenvalue weighted by atomic mass is 32.2. The molecule has 1 rings (SSSR count). The Labute approximate surface area is 110 Å². The van der Waals surface area contributed by atoms with Crippen LogP contribution in [0.25, 0.3) is 0 Å². The van der Waals surface area contributed by atoms with E-state index in [1.54, 1.807) is 0 Å². The second-order valence-corrected chi connectivity index (χ2v) is 6.07. The smallest absolute Gasteiger partial charge is 0.114 e. The minimum absolute atomic E-state index is 0.537. The minimum Gasteiger partial charge on any atom is -0.508 e. The maximum Gasteiger partial charge on any atom is 0.114 e. The Hall–Kier alpha value is -0.370. The lowest BCUT2D eigenvalue weighted by atomic mass is 10.1. The van der Waals surface area contributed by atoms with Crippen LogP contribution in [0.4, 0.5) is 0 Å². The molecular weight excluding hydrogens is 228 g/mol. The Morgan fingerprint density at radius 3 is 2.65 bits per heavy atom.